The number of hydrogen-bond donors (Lipinski definition) is 1. The summed E-state index contributed by atoms with van der Waals surface area (Å²) in [6, 6.07) is 5.98. The van der Waals surface area contributed by atoms with Gasteiger partial charge < -0.3 is 14.6 Å². The Kier molecular flexibility index (Phi) is 3.18. The first-order valence-corrected chi connectivity index (χ1v) is 6.71. The maximum Gasteiger partial charge on any atom is 0.311 e. The number of hydrogen-bond acceptors (Lipinski definition) is 4. The lowest BCUT2D eigenvalue weighted by Crippen LogP contribution is -2.24. The summed E-state index contributed by atoms with van der Waals surface area (Å²) in [6.07, 6.45) is 3.72. The van der Waals surface area contributed by atoms with E-state index in [1.54, 1.807) is 6.92 Å². The van der Waals surface area contributed by atoms with Gasteiger partial charge in [0.05, 0.1) is 6.20 Å². The van der Waals surface area contributed by atoms with E-state index in [9.17, 15) is 4.79 Å². The lowest BCUT2D eigenvalue weighted by molar-refractivity contribution is 0.0989. The molecular formula is C15H17N3O2. The van der Waals surface area contributed by atoms with Crippen LogP contribution in [0, 0.1) is 6.92 Å². The van der Waals surface area contributed by atoms with Crippen molar-refractivity contribution in [3.63, 3.8) is 0 Å². The molecule has 0 spiro atoms. The first-order chi connectivity index (χ1) is 9.63. The van der Waals surface area contributed by atoms with Crippen molar-refractivity contribution in [1.82, 2.24) is 4.98 Å². The number of aryl methyl sites for hydroxylation is 2. The summed E-state index contributed by atoms with van der Waals surface area (Å²) in [4.78, 5) is 18.1. The van der Waals surface area contributed by atoms with Crippen molar-refractivity contribution >= 4 is 17.3 Å². The van der Waals surface area contributed by atoms with E-state index in [4.69, 9.17) is 4.42 Å². The maximum atomic E-state index is 12.0. The van der Waals surface area contributed by atoms with Crippen LogP contribution in [0.1, 0.15) is 28.4 Å². The third kappa shape index (κ3) is 2.39. The SMILES string of the molecule is Cc1cnc(C(=O)Nc2ccc3c(c2)CCCN3C)o1. The van der Waals surface area contributed by atoms with Crippen LogP contribution in [0.15, 0.2) is 28.8 Å². The second-order valence-corrected chi connectivity index (χ2v) is 5.10. The third-order valence-electron chi connectivity index (χ3n) is 3.50. The molecule has 3 rings (SSSR count). The summed E-state index contributed by atoms with van der Waals surface area (Å²) < 4.78 is 5.22. The molecule has 5 nitrogen and oxygen atoms in total. The molecule has 2 heterocycles. The van der Waals surface area contributed by atoms with E-state index in [0.29, 0.717) is 5.76 Å². The van der Waals surface area contributed by atoms with Crippen LogP contribution >= 0.6 is 0 Å². The molecule has 104 valence electrons. The normalized spacial score (nSPS) is 14.0. The van der Waals surface area contributed by atoms with Crippen LogP contribution in [0.5, 0.6) is 0 Å². The summed E-state index contributed by atoms with van der Waals surface area (Å²) in [5, 5.41) is 2.82. The largest absolute Gasteiger partial charge is 0.438 e. The number of amides is 1. The highest BCUT2D eigenvalue weighted by Gasteiger charge is 2.16. The molecule has 5 heteroatoms. The maximum absolute atomic E-state index is 12.0. The molecule has 0 fully saturated rings. The van der Waals surface area contributed by atoms with E-state index in [2.05, 4.69) is 22.2 Å². The zero-order chi connectivity index (χ0) is 14.1. The number of oxazole rings is 1. The summed E-state index contributed by atoms with van der Waals surface area (Å²) in [5.74, 6) is 0.404. The Morgan fingerprint density at radius 3 is 3.05 bits per heavy atom. The summed E-state index contributed by atoms with van der Waals surface area (Å²) in [7, 11) is 2.09. The first kappa shape index (κ1) is 12.7. The van der Waals surface area contributed by atoms with Crippen LogP contribution in [-0.2, 0) is 6.42 Å². The van der Waals surface area contributed by atoms with E-state index in [-0.39, 0.29) is 11.8 Å². The lowest BCUT2D eigenvalue weighted by atomic mass is 10.0. The number of rotatable bonds is 2. The van der Waals surface area contributed by atoms with Gasteiger partial charge in [-0.05, 0) is 43.5 Å². The van der Waals surface area contributed by atoms with Gasteiger partial charge in [0.15, 0.2) is 0 Å². The van der Waals surface area contributed by atoms with Gasteiger partial charge in [0.1, 0.15) is 5.76 Å². The lowest BCUT2D eigenvalue weighted by Gasteiger charge is -2.27. The second-order valence-electron chi connectivity index (χ2n) is 5.10. The molecule has 1 aliphatic heterocycles. The number of fused-ring (bicyclic) bond motifs is 1. The Morgan fingerprint density at radius 2 is 2.30 bits per heavy atom. The van der Waals surface area contributed by atoms with E-state index < -0.39 is 0 Å². The first-order valence-electron chi connectivity index (χ1n) is 6.71. The highest BCUT2D eigenvalue weighted by molar-refractivity contribution is 6.01. The molecule has 20 heavy (non-hydrogen) atoms. The Hall–Kier alpha value is -2.30. The number of nitrogens with zero attached hydrogens (tertiary/aromatic N) is 2. The van der Waals surface area contributed by atoms with Crippen LogP contribution in [0.2, 0.25) is 0 Å². The highest BCUT2D eigenvalue weighted by Crippen LogP contribution is 2.28. The quantitative estimate of drug-likeness (QED) is 0.912. The molecule has 1 N–H and O–H groups in total. The van der Waals surface area contributed by atoms with Gasteiger partial charge in [0.2, 0.25) is 0 Å². The molecular weight excluding hydrogens is 254 g/mol. The topological polar surface area (TPSA) is 58.4 Å². The predicted octanol–water partition coefficient (Wildman–Crippen LogP) is 2.62. The molecule has 0 saturated heterocycles. The Morgan fingerprint density at radius 1 is 1.45 bits per heavy atom. The number of carbonyl (C=O) groups is 1. The zero-order valence-corrected chi connectivity index (χ0v) is 11.6. The van der Waals surface area contributed by atoms with E-state index >= 15 is 0 Å². The summed E-state index contributed by atoms with van der Waals surface area (Å²) >= 11 is 0. The fourth-order valence-electron chi connectivity index (χ4n) is 2.51. The highest BCUT2D eigenvalue weighted by atomic mass is 16.4. The number of benzene rings is 1. The van der Waals surface area contributed by atoms with Gasteiger partial charge in [0, 0.05) is 25.0 Å². The van der Waals surface area contributed by atoms with Crippen molar-refractivity contribution in [3.05, 3.63) is 41.6 Å². The number of nitrogens with one attached hydrogen (secondary N) is 1. The van der Waals surface area contributed by atoms with Gasteiger partial charge in [-0.1, -0.05) is 0 Å². The van der Waals surface area contributed by atoms with Crippen molar-refractivity contribution in [2.45, 2.75) is 19.8 Å². The molecule has 0 unspecified atom stereocenters. The molecule has 2 aromatic rings. The second kappa shape index (κ2) is 5.00. The smallest absolute Gasteiger partial charge is 0.311 e. The predicted molar refractivity (Wildman–Crippen MR) is 77.2 cm³/mol. The van der Waals surface area contributed by atoms with Gasteiger partial charge in [-0.3, -0.25) is 4.79 Å². The molecule has 0 radical (unpaired) electrons. The third-order valence-corrected chi connectivity index (χ3v) is 3.50. The fourth-order valence-corrected chi connectivity index (χ4v) is 2.51. The van der Waals surface area contributed by atoms with Gasteiger partial charge in [-0.15, -0.1) is 0 Å². The average molecular weight is 271 g/mol. The minimum Gasteiger partial charge on any atom is -0.438 e. The molecule has 0 saturated carbocycles. The molecule has 0 aliphatic carbocycles. The van der Waals surface area contributed by atoms with Crippen molar-refractivity contribution in [1.29, 1.82) is 0 Å². The molecule has 1 aromatic heterocycles. The monoisotopic (exact) mass is 271 g/mol. The van der Waals surface area contributed by atoms with Crippen LogP contribution in [-0.4, -0.2) is 24.5 Å². The van der Waals surface area contributed by atoms with Gasteiger partial charge in [0.25, 0.3) is 5.89 Å². The molecule has 0 atom stereocenters. The molecule has 0 bridgehead atoms. The minimum atomic E-state index is -0.317. The van der Waals surface area contributed by atoms with Crippen molar-refractivity contribution in [3.8, 4) is 0 Å². The fraction of sp³-hybridized carbons (Fsp3) is 0.333. The number of aromatic nitrogens is 1. The van der Waals surface area contributed by atoms with Crippen LogP contribution in [0.4, 0.5) is 11.4 Å². The number of anilines is 2. The van der Waals surface area contributed by atoms with Crippen molar-refractivity contribution < 1.29 is 9.21 Å². The van der Waals surface area contributed by atoms with E-state index in [1.165, 1.54) is 17.4 Å². The van der Waals surface area contributed by atoms with Crippen molar-refractivity contribution in [2.24, 2.45) is 0 Å². The Balaban J connectivity index is 1.80. The summed E-state index contributed by atoms with van der Waals surface area (Å²) in [6.45, 7) is 2.84. The van der Waals surface area contributed by atoms with Gasteiger partial charge in [-0.2, -0.15) is 0 Å². The van der Waals surface area contributed by atoms with Crippen LogP contribution in [0.3, 0.4) is 0 Å². The van der Waals surface area contributed by atoms with Gasteiger partial charge in [-0.25, -0.2) is 4.98 Å². The molecule has 1 amide bonds. The zero-order valence-electron chi connectivity index (χ0n) is 11.6. The van der Waals surface area contributed by atoms with Gasteiger partial charge >= 0.3 is 5.91 Å². The summed E-state index contributed by atoms with van der Waals surface area (Å²) in [5.41, 5.74) is 3.28. The van der Waals surface area contributed by atoms with Crippen LogP contribution in [0.25, 0.3) is 0 Å². The van der Waals surface area contributed by atoms with E-state index in [1.807, 2.05) is 18.2 Å². The Bertz CT molecular complexity index is 648. The standard InChI is InChI=1S/C15H17N3O2/c1-10-9-16-15(20-10)14(19)17-12-5-6-13-11(8-12)4-3-7-18(13)2/h5-6,8-9H,3-4,7H2,1-2H3,(H,17,19). The minimum absolute atomic E-state index is 0.0948. The Labute approximate surface area is 117 Å². The van der Waals surface area contributed by atoms with Crippen LogP contribution < -0.4 is 10.2 Å². The number of carbonyl (C=O) groups excluding carboxylic acids is 1. The molecule has 1 aromatic carbocycles. The average Bonchev–Trinajstić information content (AvgIpc) is 2.86. The molecule has 1 aliphatic rings. The van der Waals surface area contributed by atoms with Crippen molar-refractivity contribution in [2.75, 3.05) is 23.8 Å². The van der Waals surface area contributed by atoms with E-state index in [0.717, 1.165) is 25.1 Å².